The van der Waals surface area contributed by atoms with Crippen molar-refractivity contribution in [2.75, 3.05) is 18.6 Å². The molecular formula is C14H15N3O5S2. The zero-order valence-corrected chi connectivity index (χ0v) is 14.5. The van der Waals surface area contributed by atoms with Crippen LogP contribution >= 0.6 is 11.3 Å². The van der Waals surface area contributed by atoms with Crippen molar-refractivity contribution >= 4 is 37.8 Å². The largest absolute Gasteiger partial charge is 0.367 e. The third-order valence-corrected chi connectivity index (χ3v) is 6.03. The highest BCUT2D eigenvalue weighted by atomic mass is 32.2. The smallest absolute Gasteiger partial charge is 0.304 e. The number of rotatable bonds is 6. The van der Waals surface area contributed by atoms with Gasteiger partial charge < -0.3 is 10.6 Å². The lowest BCUT2D eigenvalue weighted by atomic mass is 10.1. The van der Waals surface area contributed by atoms with Gasteiger partial charge in [0.2, 0.25) is 0 Å². The van der Waals surface area contributed by atoms with Gasteiger partial charge in [-0.05, 0) is 17.7 Å². The molecule has 0 radical (unpaired) electrons. The second-order valence-electron chi connectivity index (χ2n) is 4.94. The van der Waals surface area contributed by atoms with E-state index in [1.807, 2.05) is 0 Å². The first-order chi connectivity index (χ1) is 11.2. The number of hydrogen-bond acceptors (Lipinski definition) is 7. The number of nitrogens with zero attached hydrogens (tertiary/aromatic N) is 1. The minimum absolute atomic E-state index is 0.0633. The van der Waals surface area contributed by atoms with Crippen molar-refractivity contribution in [2.24, 2.45) is 0 Å². The highest BCUT2D eigenvalue weighted by Gasteiger charge is 2.23. The molecule has 0 saturated heterocycles. The molecule has 1 heterocycles. The number of anilines is 1. The van der Waals surface area contributed by atoms with Crippen LogP contribution in [0.15, 0.2) is 34.5 Å². The summed E-state index contributed by atoms with van der Waals surface area (Å²) in [4.78, 5) is 21.9. The Morgan fingerprint density at radius 1 is 1.29 bits per heavy atom. The van der Waals surface area contributed by atoms with Gasteiger partial charge in [-0.25, -0.2) is 8.42 Å². The Morgan fingerprint density at radius 2 is 1.92 bits per heavy atom. The highest BCUT2D eigenvalue weighted by molar-refractivity contribution is 7.92. The number of carbonyl (C=O) groups is 1. The molecule has 0 bridgehead atoms. The molecule has 0 aliphatic carbocycles. The summed E-state index contributed by atoms with van der Waals surface area (Å²) in [5.41, 5.74) is 1.02. The summed E-state index contributed by atoms with van der Waals surface area (Å²) in [6, 6.07) is 7.77. The molecule has 2 rings (SSSR count). The van der Waals surface area contributed by atoms with E-state index in [-0.39, 0.29) is 27.3 Å². The average Bonchev–Trinajstić information content (AvgIpc) is 2.97. The van der Waals surface area contributed by atoms with Gasteiger partial charge in [0.05, 0.1) is 4.92 Å². The van der Waals surface area contributed by atoms with Crippen molar-refractivity contribution in [3.8, 4) is 0 Å². The lowest BCUT2D eigenvalue weighted by Gasteiger charge is -2.05. The van der Waals surface area contributed by atoms with Gasteiger partial charge in [0, 0.05) is 31.5 Å². The summed E-state index contributed by atoms with van der Waals surface area (Å²) in [7, 11) is -1.97. The second kappa shape index (κ2) is 6.97. The Bertz CT molecular complexity index is 872. The Morgan fingerprint density at radius 3 is 2.42 bits per heavy atom. The Kier molecular flexibility index (Phi) is 5.20. The van der Waals surface area contributed by atoms with Crippen LogP contribution in [-0.4, -0.2) is 32.6 Å². The van der Waals surface area contributed by atoms with E-state index in [9.17, 15) is 23.3 Å². The third kappa shape index (κ3) is 4.09. The fraction of sp³-hybridized carbons (Fsp3) is 0.214. The number of carbonyl (C=O) groups excluding carboxylic acids is 1. The first-order valence-electron chi connectivity index (χ1n) is 6.75. The number of hydrogen-bond donors (Lipinski definition) is 2. The van der Waals surface area contributed by atoms with Crippen LogP contribution in [-0.2, 0) is 16.4 Å². The van der Waals surface area contributed by atoms with Crippen LogP contribution in [0.5, 0.6) is 0 Å². The quantitative estimate of drug-likeness (QED) is 0.594. The maximum Gasteiger partial charge on any atom is 0.304 e. The van der Waals surface area contributed by atoms with E-state index in [1.54, 1.807) is 24.3 Å². The minimum atomic E-state index is -3.51. The van der Waals surface area contributed by atoms with Crippen molar-refractivity contribution < 1.29 is 18.1 Å². The SMILES string of the molecule is CNC(=O)c1ccc(CNc2sc(S(C)(=O)=O)cc2[N+](=O)[O-])cc1. The molecule has 0 aliphatic heterocycles. The van der Waals surface area contributed by atoms with Gasteiger partial charge >= 0.3 is 5.69 Å². The molecule has 128 valence electrons. The molecule has 0 aliphatic rings. The molecule has 2 N–H and O–H groups in total. The first kappa shape index (κ1) is 17.9. The molecule has 1 aromatic heterocycles. The first-order valence-corrected chi connectivity index (χ1v) is 9.46. The van der Waals surface area contributed by atoms with E-state index in [0.717, 1.165) is 29.2 Å². The van der Waals surface area contributed by atoms with Gasteiger partial charge in [-0.2, -0.15) is 0 Å². The molecule has 8 nitrogen and oxygen atoms in total. The summed E-state index contributed by atoms with van der Waals surface area (Å²) < 4.78 is 23.0. The van der Waals surface area contributed by atoms with Crippen LogP contribution in [0.1, 0.15) is 15.9 Å². The molecule has 24 heavy (non-hydrogen) atoms. The van der Waals surface area contributed by atoms with Crippen molar-refractivity contribution in [1.29, 1.82) is 0 Å². The Hall–Kier alpha value is -2.46. The maximum atomic E-state index is 11.5. The topological polar surface area (TPSA) is 118 Å². The maximum absolute atomic E-state index is 11.5. The van der Waals surface area contributed by atoms with E-state index >= 15 is 0 Å². The standard InChI is InChI=1S/C14H15N3O5S2/c1-15-13(18)10-5-3-9(4-6-10)8-16-14-11(17(19)20)7-12(23-14)24(2,21)22/h3-7,16H,8H2,1-2H3,(H,15,18). The molecular weight excluding hydrogens is 354 g/mol. The Balaban J connectivity index is 2.18. The monoisotopic (exact) mass is 369 g/mol. The lowest BCUT2D eigenvalue weighted by molar-refractivity contribution is -0.383. The lowest BCUT2D eigenvalue weighted by Crippen LogP contribution is -2.17. The van der Waals surface area contributed by atoms with Crippen LogP contribution in [0.25, 0.3) is 0 Å². The number of amides is 1. The number of benzene rings is 1. The van der Waals surface area contributed by atoms with Crippen LogP contribution in [0.2, 0.25) is 0 Å². The summed E-state index contributed by atoms with van der Waals surface area (Å²) in [6.07, 6.45) is 1.00. The van der Waals surface area contributed by atoms with E-state index in [2.05, 4.69) is 10.6 Å². The van der Waals surface area contributed by atoms with Gasteiger partial charge in [0.15, 0.2) is 14.8 Å². The van der Waals surface area contributed by atoms with Crippen molar-refractivity contribution in [2.45, 2.75) is 10.8 Å². The van der Waals surface area contributed by atoms with Crippen molar-refractivity contribution in [1.82, 2.24) is 5.32 Å². The predicted octanol–water partition coefficient (Wildman–Crippen LogP) is 2.03. The van der Waals surface area contributed by atoms with Crippen molar-refractivity contribution in [3.63, 3.8) is 0 Å². The van der Waals surface area contributed by atoms with E-state index in [1.165, 1.54) is 7.05 Å². The molecule has 0 fully saturated rings. The zero-order chi connectivity index (χ0) is 17.9. The zero-order valence-electron chi connectivity index (χ0n) is 12.9. The normalized spacial score (nSPS) is 11.1. The van der Waals surface area contributed by atoms with Crippen molar-refractivity contribution in [3.05, 3.63) is 51.6 Å². The molecule has 0 spiro atoms. The van der Waals surface area contributed by atoms with E-state index < -0.39 is 14.8 Å². The minimum Gasteiger partial charge on any atom is -0.367 e. The van der Waals surface area contributed by atoms with E-state index in [0.29, 0.717) is 5.56 Å². The molecule has 0 unspecified atom stereocenters. The second-order valence-corrected chi connectivity index (χ2v) is 8.23. The number of nitro groups is 1. The summed E-state index contributed by atoms with van der Waals surface area (Å²) in [5, 5.41) is 16.6. The molecule has 2 aromatic rings. The van der Waals surface area contributed by atoms with Gasteiger partial charge in [0.25, 0.3) is 5.91 Å². The van der Waals surface area contributed by atoms with Crippen LogP contribution in [0, 0.1) is 10.1 Å². The molecule has 1 amide bonds. The molecule has 0 saturated carbocycles. The summed E-state index contributed by atoms with van der Waals surface area (Å²) in [5.74, 6) is -0.207. The highest BCUT2D eigenvalue weighted by Crippen LogP contribution is 2.37. The van der Waals surface area contributed by atoms with Crippen LogP contribution < -0.4 is 10.6 Å². The summed E-state index contributed by atoms with van der Waals surface area (Å²) in [6.45, 7) is 0.262. The fourth-order valence-electron chi connectivity index (χ4n) is 1.91. The third-order valence-electron chi connectivity index (χ3n) is 3.15. The average molecular weight is 369 g/mol. The number of thiophene rings is 1. The number of sulfone groups is 1. The Labute approximate surface area is 142 Å². The van der Waals surface area contributed by atoms with Gasteiger partial charge in [-0.1, -0.05) is 23.5 Å². The summed E-state index contributed by atoms with van der Waals surface area (Å²) >= 11 is 0.821. The van der Waals surface area contributed by atoms with Crippen LogP contribution in [0.4, 0.5) is 10.7 Å². The van der Waals surface area contributed by atoms with Gasteiger partial charge in [-0.3, -0.25) is 14.9 Å². The predicted molar refractivity (Wildman–Crippen MR) is 91.2 cm³/mol. The van der Waals surface area contributed by atoms with Gasteiger partial charge in [0.1, 0.15) is 4.21 Å². The molecule has 1 aromatic carbocycles. The molecule has 0 atom stereocenters. The number of nitrogens with one attached hydrogen (secondary N) is 2. The molecule has 10 heteroatoms. The van der Waals surface area contributed by atoms with Gasteiger partial charge in [-0.15, -0.1) is 0 Å². The van der Waals surface area contributed by atoms with Crippen LogP contribution in [0.3, 0.4) is 0 Å². The van der Waals surface area contributed by atoms with E-state index in [4.69, 9.17) is 0 Å². The fourth-order valence-corrected chi connectivity index (χ4v) is 3.84.